The summed E-state index contributed by atoms with van der Waals surface area (Å²) in [6, 6.07) is 8.00. The van der Waals surface area contributed by atoms with Crippen molar-refractivity contribution in [3.63, 3.8) is 0 Å². The van der Waals surface area contributed by atoms with Gasteiger partial charge in [-0.15, -0.1) is 0 Å². The molecule has 0 unspecified atom stereocenters. The Kier molecular flexibility index (Phi) is 4.53. The fraction of sp³-hybridized carbons (Fsp3) is 0.381. The number of methoxy groups -OCH3 is 1. The molecule has 6 heteroatoms. The van der Waals surface area contributed by atoms with E-state index < -0.39 is 5.60 Å². The molecular weight excluding hydrogens is 342 g/mol. The third kappa shape index (κ3) is 3.15. The molecule has 0 aliphatic carbocycles. The molecule has 1 atom stereocenters. The Hall–Kier alpha value is -2.57. The fourth-order valence-electron chi connectivity index (χ4n) is 3.73. The number of fused-ring (bicyclic) bond motifs is 1. The number of Topliss-reactive ketones (excluding diaryl/α,β-unsaturated/α-hetero) is 1. The van der Waals surface area contributed by atoms with Crippen LogP contribution in [0.5, 0.6) is 0 Å². The molecule has 1 saturated heterocycles. The molecule has 1 aliphatic heterocycles. The molecule has 1 aliphatic rings. The first-order valence-corrected chi connectivity index (χ1v) is 9.06. The van der Waals surface area contributed by atoms with Crippen molar-refractivity contribution in [2.75, 3.05) is 20.3 Å². The predicted molar refractivity (Wildman–Crippen MR) is 102 cm³/mol. The van der Waals surface area contributed by atoms with Gasteiger partial charge in [-0.3, -0.25) is 9.78 Å². The van der Waals surface area contributed by atoms with Crippen LogP contribution in [0.2, 0.25) is 0 Å². The van der Waals surface area contributed by atoms with Crippen LogP contribution in [0, 0.1) is 0 Å². The molecule has 4 rings (SSSR count). The highest BCUT2D eigenvalue weighted by atomic mass is 16.5. The molecule has 4 heterocycles. The van der Waals surface area contributed by atoms with E-state index in [4.69, 9.17) is 14.5 Å². The predicted octanol–water partition coefficient (Wildman–Crippen LogP) is 3.03. The number of rotatable bonds is 5. The van der Waals surface area contributed by atoms with Gasteiger partial charge < -0.3 is 14.0 Å². The van der Waals surface area contributed by atoms with Crippen molar-refractivity contribution in [1.29, 1.82) is 0 Å². The summed E-state index contributed by atoms with van der Waals surface area (Å²) in [4.78, 5) is 20.8. The zero-order valence-electron chi connectivity index (χ0n) is 15.9. The number of carbonyl (C=O) groups is 1. The Bertz CT molecular complexity index is 1000. The average molecular weight is 365 g/mol. The van der Waals surface area contributed by atoms with Crippen LogP contribution in [0.4, 0.5) is 0 Å². The Balaban J connectivity index is 1.82. The molecule has 0 N–H and O–H groups in total. The molecule has 140 valence electrons. The zero-order chi connectivity index (χ0) is 19.0. The minimum Gasteiger partial charge on any atom is -0.378 e. The first-order valence-electron chi connectivity index (χ1n) is 9.06. The standard InChI is InChI=1S/C21H23N3O3/c1-14(25)9-15-10-16-17(12-24(2)19(16)11-22-15)18-5-4-6-20(23-18)21(26-3)7-8-27-13-21/h4-6,10-12H,7-9,13H2,1-3H3/t21-/m1/s1. The first kappa shape index (κ1) is 17.8. The Morgan fingerprint density at radius 3 is 2.96 bits per heavy atom. The van der Waals surface area contributed by atoms with Gasteiger partial charge in [0.15, 0.2) is 0 Å². The Morgan fingerprint density at radius 2 is 2.26 bits per heavy atom. The molecule has 0 saturated carbocycles. The maximum absolute atomic E-state index is 11.5. The molecule has 6 nitrogen and oxygen atoms in total. The maximum atomic E-state index is 11.5. The molecule has 0 spiro atoms. The van der Waals surface area contributed by atoms with E-state index in [9.17, 15) is 4.79 Å². The van der Waals surface area contributed by atoms with Gasteiger partial charge >= 0.3 is 0 Å². The summed E-state index contributed by atoms with van der Waals surface area (Å²) in [5.74, 6) is 0.0997. The summed E-state index contributed by atoms with van der Waals surface area (Å²) >= 11 is 0. The van der Waals surface area contributed by atoms with Crippen LogP contribution in [-0.2, 0) is 33.3 Å². The molecule has 0 aromatic carbocycles. The lowest BCUT2D eigenvalue weighted by molar-refractivity contribution is -0.116. The lowest BCUT2D eigenvalue weighted by Crippen LogP contribution is -2.30. The van der Waals surface area contributed by atoms with E-state index in [1.807, 2.05) is 42.1 Å². The largest absolute Gasteiger partial charge is 0.378 e. The minimum absolute atomic E-state index is 0.0997. The van der Waals surface area contributed by atoms with Gasteiger partial charge in [-0.25, -0.2) is 4.98 Å². The molecule has 1 fully saturated rings. The van der Waals surface area contributed by atoms with Gasteiger partial charge in [0.05, 0.1) is 29.7 Å². The van der Waals surface area contributed by atoms with Crippen LogP contribution in [0.3, 0.4) is 0 Å². The molecular formula is C21H23N3O3. The Morgan fingerprint density at radius 1 is 1.41 bits per heavy atom. The molecule has 3 aromatic rings. The number of pyridine rings is 2. The number of aryl methyl sites for hydroxylation is 1. The van der Waals surface area contributed by atoms with Gasteiger partial charge in [0.25, 0.3) is 0 Å². The lowest BCUT2D eigenvalue weighted by atomic mass is 9.97. The average Bonchev–Trinajstić information content (AvgIpc) is 3.27. The summed E-state index contributed by atoms with van der Waals surface area (Å²) in [6.45, 7) is 2.77. The maximum Gasteiger partial charge on any atom is 0.135 e. The first-order chi connectivity index (χ1) is 13.0. The topological polar surface area (TPSA) is 66.2 Å². The third-order valence-corrected chi connectivity index (χ3v) is 5.23. The van der Waals surface area contributed by atoms with Gasteiger partial charge in [0.2, 0.25) is 0 Å². The SMILES string of the molecule is CO[C@]1(c2cccc(-c3cn(C)c4cnc(CC(C)=O)cc34)n2)CCOC1. The van der Waals surface area contributed by atoms with Crippen molar-refractivity contribution in [1.82, 2.24) is 14.5 Å². The van der Waals surface area contributed by atoms with Crippen LogP contribution in [-0.4, -0.2) is 40.6 Å². The highest BCUT2D eigenvalue weighted by molar-refractivity contribution is 5.95. The summed E-state index contributed by atoms with van der Waals surface area (Å²) in [7, 11) is 3.70. The van der Waals surface area contributed by atoms with E-state index >= 15 is 0 Å². The number of carbonyl (C=O) groups excluding carboxylic acids is 1. The smallest absolute Gasteiger partial charge is 0.135 e. The van der Waals surface area contributed by atoms with Crippen molar-refractivity contribution >= 4 is 16.7 Å². The fourth-order valence-corrected chi connectivity index (χ4v) is 3.73. The number of hydrogen-bond donors (Lipinski definition) is 0. The summed E-state index contributed by atoms with van der Waals surface area (Å²) in [5, 5.41) is 1.04. The summed E-state index contributed by atoms with van der Waals surface area (Å²) < 4.78 is 13.4. The molecule has 0 amide bonds. The highest BCUT2D eigenvalue weighted by Crippen LogP contribution is 2.35. The van der Waals surface area contributed by atoms with E-state index in [-0.39, 0.29) is 5.78 Å². The van der Waals surface area contributed by atoms with Crippen LogP contribution in [0.15, 0.2) is 36.7 Å². The zero-order valence-corrected chi connectivity index (χ0v) is 15.9. The lowest BCUT2D eigenvalue weighted by Gasteiger charge is -2.25. The van der Waals surface area contributed by atoms with E-state index in [2.05, 4.69) is 11.2 Å². The molecule has 3 aromatic heterocycles. The number of hydrogen-bond acceptors (Lipinski definition) is 5. The van der Waals surface area contributed by atoms with Crippen molar-refractivity contribution in [3.05, 3.63) is 48.0 Å². The van der Waals surface area contributed by atoms with Crippen LogP contribution in [0.25, 0.3) is 22.2 Å². The second-order valence-electron chi connectivity index (χ2n) is 7.13. The van der Waals surface area contributed by atoms with Gasteiger partial charge in [-0.05, 0) is 25.1 Å². The van der Waals surface area contributed by atoms with Crippen LogP contribution < -0.4 is 0 Å². The third-order valence-electron chi connectivity index (χ3n) is 5.23. The van der Waals surface area contributed by atoms with Crippen molar-refractivity contribution in [2.45, 2.75) is 25.4 Å². The van der Waals surface area contributed by atoms with Gasteiger partial charge in [0, 0.05) is 56.4 Å². The van der Waals surface area contributed by atoms with E-state index in [0.29, 0.717) is 19.6 Å². The number of ether oxygens (including phenoxy) is 2. The molecule has 0 bridgehead atoms. The van der Waals surface area contributed by atoms with Gasteiger partial charge in [-0.2, -0.15) is 0 Å². The van der Waals surface area contributed by atoms with E-state index in [1.165, 1.54) is 0 Å². The Labute approximate surface area is 158 Å². The van der Waals surface area contributed by atoms with Crippen molar-refractivity contribution < 1.29 is 14.3 Å². The second kappa shape index (κ2) is 6.87. The monoisotopic (exact) mass is 365 g/mol. The van der Waals surface area contributed by atoms with Crippen molar-refractivity contribution in [3.8, 4) is 11.3 Å². The summed E-state index contributed by atoms with van der Waals surface area (Å²) in [6.07, 6.45) is 5.01. The molecule has 27 heavy (non-hydrogen) atoms. The second-order valence-corrected chi connectivity index (χ2v) is 7.13. The van der Waals surface area contributed by atoms with Crippen LogP contribution in [0.1, 0.15) is 24.7 Å². The highest BCUT2D eigenvalue weighted by Gasteiger charge is 2.38. The van der Waals surface area contributed by atoms with Gasteiger partial charge in [0.1, 0.15) is 11.4 Å². The van der Waals surface area contributed by atoms with Crippen molar-refractivity contribution in [2.24, 2.45) is 7.05 Å². The number of ketones is 1. The minimum atomic E-state index is -0.484. The molecule has 0 radical (unpaired) electrons. The quantitative estimate of drug-likeness (QED) is 0.695. The van der Waals surface area contributed by atoms with Crippen LogP contribution >= 0.6 is 0 Å². The number of nitrogens with zero attached hydrogens (tertiary/aromatic N) is 3. The normalized spacial score (nSPS) is 19.7. The van der Waals surface area contributed by atoms with E-state index in [0.717, 1.165) is 40.0 Å². The van der Waals surface area contributed by atoms with E-state index in [1.54, 1.807) is 14.0 Å². The van der Waals surface area contributed by atoms with Gasteiger partial charge in [-0.1, -0.05) is 6.07 Å². The number of aromatic nitrogens is 3. The summed E-state index contributed by atoms with van der Waals surface area (Å²) in [5.41, 5.74) is 4.08.